The van der Waals surface area contributed by atoms with Crippen LogP contribution in [0.3, 0.4) is 0 Å². The summed E-state index contributed by atoms with van der Waals surface area (Å²) in [4.78, 5) is 25.2. The highest BCUT2D eigenvalue weighted by molar-refractivity contribution is 5.99. The van der Waals surface area contributed by atoms with Crippen LogP contribution in [0.25, 0.3) is 0 Å². The van der Waals surface area contributed by atoms with Crippen LogP contribution in [0.1, 0.15) is 49.9 Å². The Bertz CT molecular complexity index is 466. The Kier molecular flexibility index (Phi) is 7.29. The van der Waals surface area contributed by atoms with E-state index in [1.165, 1.54) is 6.07 Å². The lowest BCUT2D eigenvalue weighted by atomic mass is 10.2. The molecule has 0 aliphatic rings. The van der Waals surface area contributed by atoms with Crippen molar-refractivity contribution >= 4 is 17.7 Å². The number of carbonyl (C=O) groups is 2. The molecule has 0 fully saturated rings. The van der Waals surface area contributed by atoms with Crippen molar-refractivity contribution in [2.45, 2.75) is 39.5 Å². The number of hydrogen-bond acceptors (Lipinski definition) is 2. The Morgan fingerprint density at radius 1 is 1.10 bits per heavy atom. The molecule has 0 heterocycles. The van der Waals surface area contributed by atoms with Gasteiger partial charge >= 0.3 is 12.0 Å². The Morgan fingerprint density at radius 3 is 2.19 bits per heavy atom. The van der Waals surface area contributed by atoms with Gasteiger partial charge in [0.2, 0.25) is 0 Å². The van der Waals surface area contributed by atoms with Crippen LogP contribution in [0.5, 0.6) is 0 Å². The molecule has 0 bridgehead atoms. The fourth-order valence-electron chi connectivity index (χ4n) is 1.99. The summed E-state index contributed by atoms with van der Waals surface area (Å²) in [5, 5.41) is 11.9. The molecule has 0 aliphatic carbocycles. The van der Waals surface area contributed by atoms with Crippen LogP contribution in [0.2, 0.25) is 0 Å². The van der Waals surface area contributed by atoms with E-state index in [0.29, 0.717) is 18.8 Å². The van der Waals surface area contributed by atoms with Crippen molar-refractivity contribution in [3.63, 3.8) is 0 Å². The summed E-state index contributed by atoms with van der Waals surface area (Å²) in [7, 11) is 0. The number of nitrogens with zero attached hydrogens (tertiary/aromatic N) is 1. The van der Waals surface area contributed by atoms with Crippen LogP contribution in [0, 0.1) is 0 Å². The normalized spacial score (nSPS) is 10.2. The molecule has 2 N–H and O–H groups in total. The molecule has 0 saturated carbocycles. The maximum atomic E-state index is 12.3. The fourth-order valence-corrected chi connectivity index (χ4v) is 1.99. The van der Waals surface area contributed by atoms with Crippen LogP contribution in [0.15, 0.2) is 24.3 Å². The minimum absolute atomic E-state index is 0.108. The van der Waals surface area contributed by atoms with E-state index in [1.54, 1.807) is 23.1 Å². The van der Waals surface area contributed by atoms with Crippen LogP contribution in [0.4, 0.5) is 10.5 Å². The predicted octanol–water partition coefficient (Wildman–Crippen LogP) is 3.82. The number of carbonyl (C=O) groups excluding carboxylic acids is 1. The summed E-state index contributed by atoms with van der Waals surface area (Å²) in [6.07, 6.45) is 3.92. The number of hydrogen-bond donors (Lipinski definition) is 2. The quantitative estimate of drug-likeness (QED) is 0.765. The number of anilines is 1. The third-order valence-electron chi connectivity index (χ3n) is 3.25. The third-order valence-corrected chi connectivity index (χ3v) is 3.25. The molecule has 0 radical (unpaired) electrons. The number of unbranched alkanes of at least 4 members (excludes halogenated alkanes) is 2. The number of rotatable bonds is 8. The van der Waals surface area contributed by atoms with Crippen LogP contribution >= 0.6 is 0 Å². The molecule has 5 nitrogen and oxygen atoms in total. The van der Waals surface area contributed by atoms with Crippen molar-refractivity contribution < 1.29 is 14.7 Å². The maximum absolute atomic E-state index is 12.3. The molecule has 1 aromatic carbocycles. The number of nitrogens with one attached hydrogen (secondary N) is 1. The van der Waals surface area contributed by atoms with Crippen molar-refractivity contribution in [1.29, 1.82) is 0 Å². The van der Waals surface area contributed by atoms with Gasteiger partial charge in [-0.3, -0.25) is 0 Å². The molecule has 1 aromatic rings. The van der Waals surface area contributed by atoms with E-state index in [-0.39, 0.29) is 11.6 Å². The fraction of sp³-hybridized carbons (Fsp3) is 0.500. The molecule has 0 aromatic heterocycles. The zero-order valence-corrected chi connectivity index (χ0v) is 12.8. The summed E-state index contributed by atoms with van der Waals surface area (Å²) in [6.45, 7) is 5.54. The van der Waals surface area contributed by atoms with Gasteiger partial charge in [0.25, 0.3) is 0 Å². The number of urea groups is 1. The zero-order chi connectivity index (χ0) is 15.7. The molecule has 2 amide bonds. The van der Waals surface area contributed by atoms with E-state index in [2.05, 4.69) is 19.2 Å². The van der Waals surface area contributed by atoms with Crippen molar-refractivity contribution in [2.24, 2.45) is 0 Å². The average Bonchev–Trinajstić information content (AvgIpc) is 2.47. The second-order valence-corrected chi connectivity index (χ2v) is 4.98. The van der Waals surface area contributed by atoms with Crippen molar-refractivity contribution in [3.05, 3.63) is 29.8 Å². The molecule has 21 heavy (non-hydrogen) atoms. The van der Waals surface area contributed by atoms with E-state index >= 15 is 0 Å². The lowest BCUT2D eigenvalue weighted by Gasteiger charge is -2.23. The molecule has 5 heteroatoms. The molecule has 0 atom stereocenters. The number of para-hydroxylation sites is 1. The lowest BCUT2D eigenvalue weighted by molar-refractivity contribution is 0.0698. The number of amides is 2. The van der Waals surface area contributed by atoms with Gasteiger partial charge in [-0.2, -0.15) is 0 Å². The number of carboxylic acids is 1. The van der Waals surface area contributed by atoms with E-state index in [0.717, 1.165) is 25.7 Å². The Balaban J connectivity index is 2.78. The second kappa shape index (κ2) is 9.00. The van der Waals surface area contributed by atoms with Gasteiger partial charge in [0.15, 0.2) is 0 Å². The highest BCUT2D eigenvalue weighted by atomic mass is 16.4. The predicted molar refractivity (Wildman–Crippen MR) is 83.8 cm³/mol. The summed E-state index contributed by atoms with van der Waals surface area (Å²) in [5.41, 5.74) is 0.449. The zero-order valence-electron chi connectivity index (χ0n) is 12.8. The van der Waals surface area contributed by atoms with Gasteiger partial charge in [-0.15, -0.1) is 0 Å². The molecular formula is C16H24N2O3. The smallest absolute Gasteiger partial charge is 0.337 e. The largest absolute Gasteiger partial charge is 0.478 e. The minimum Gasteiger partial charge on any atom is -0.478 e. The molecule has 0 saturated heterocycles. The molecule has 0 unspecified atom stereocenters. The first-order valence-corrected chi connectivity index (χ1v) is 7.48. The summed E-state index contributed by atoms with van der Waals surface area (Å²) >= 11 is 0. The average molecular weight is 292 g/mol. The Morgan fingerprint density at radius 2 is 1.67 bits per heavy atom. The van der Waals surface area contributed by atoms with E-state index < -0.39 is 5.97 Å². The van der Waals surface area contributed by atoms with Crippen molar-refractivity contribution in [1.82, 2.24) is 4.90 Å². The molecule has 116 valence electrons. The first-order valence-electron chi connectivity index (χ1n) is 7.48. The van der Waals surface area contributed by atoms with Gasteiger partial charge in [0, 0.05) is 13.1 Å². The van der Waals surface area contributed by atoms with Gasteiger partial charge in [0.1, 0.15) is 0 Å². The maximum Gasteiger partial charge on any atom is 0.337 e. The summed E-state index contributed by atoms with van der Waals surface area (Å²) < 4.78 is 0. The topological polar surface area (TPSA) is 69.6 Å². The van der Waals surface area contributed by atoms with Gasteiger partial charge in [-0.1, -0.05) is 38.8 Å². The minimum atomic E-state index is -1.04. The highest BCUT2D eigenvalue weighted by Crippen LogP contribution is 2.16. The highest BCUT2D eigenvalue weighted by Gasteiger charge is 2.16. The number of aromatic carboxylic acids is 1. The summed E-state index contributed by atoms with van der Waals surface area (Å²) in [6, 6.07) is 6.22. The Labute approximate surface area is 126 Å². The third kappa shape index (κ3) is 5.45. The first-order chi connectivity index (χ1) is 10.1. The van der Waals surface area contributed by atoms with Crippen LogP contribution < -0.4 is 5.32 Å². The van der Waals surface area contributed by atoms with E-state index in [4.69, 9.17) is 5.11 Å². The SMILES string of the molecule is CCCCN(CCCC)C(=O)Nc1ccccc1C(=O)O. The van der Waals surface area contributed by atoms with Gasteiger partial charge < -0.3 is 15.3 Å². The number of carboxylic acid groups (broad SMARTS) is 1. The second-order valence-electron chi connectivity index (χ2n) is 4.98. The molecule has 0 spiro atoms. The van der Waals surface area contributed by atoms with E-state index in [9.17, 15) is 9.59 Å². The van der Waals surface area contributed by atoms with Crippen molar-refractivity contribution in [3.8, 4) is 0 Å². The Hall–Kier alpha value is -2.04. The molecule has 0 aliphatic heterocycles. The van der Waals surface area contributed by atoms with Gasteiger partial charge in [-0.25, -0.2) is 9.59 Å². The monoisotopic (exact) mass is 292 g/mol. The molecule has 1 rings (SSSR count). The van der Waals surface area contributed by atoms with Gasteiger partial charge in [-0.05, 0) is 25.0 Å². The van der Waals surface area contributed by atoms with E-state index in [1.807, 2.05) is 0 Å². The van der Waals surface area contributed by atoms with Crippen molar-refractivity contribution in [2.75, 3.05) is 18.4 Å². The molecular weight excluding hydrogens is 268 g/mol. The van der Waals surface area contributed by atoms with Crippen LogP contribution in [-0.4, -0.2) is 35.1 Å². The number of benzene rings is 1. The van der Waals surface area contributed by atoms with Crippen LogP contribution in [-0.2, 0) is 0 Å². The first kappa shape index (κ1) is 17.0. The summed E-state index contributed by atoms with van der Waals surface area (Å²) in [5.74, 6) is -1.04. The standard InChI is InChI=1S/C16H24N2O3/c1-3-5-11-18(12-6-4-2)16(21)17-14-10-8-7-9-13(14)15(19)20/h7-10H,3-6,11-12H2,1-2H3,(H,17,21)(H,19,20). The lowest BCUT2D eigenvalue weighted by Crippen LogP contribution is -2.36. The van der Waals surface area contributed by atoms with Gasteiger partial charge in [0.05, 0.1) is 11.3 Å².